The summed E-state index contributed by atoms with van der Waals surface area (Å²) in [5, 5.41) is 17.9. The number of aromatic hydroxyl groups is 1. The van der Waals surface area contributed by atoms with Gasteiger partial charge in [-0.1, -0.05) is 0 Å². The van der Waals surface area contributed by atoms with Crippen molar-refractivity contribution in [3.05, 3.63) is 29.1 Å². The summed E-state index contributed by atoms with van der Waals surface area (Å²) in [5.41, 5.74) is 1.09. The lowest BCUT2D eigenvalue weighted by Gasteiger charge is -2.11. The first kappa shape index (κ1) is 11.5. The summed E-state index contributed by atoms with van der Waals surface area (Å²) in [5.74, 6) is -1.08. The van der Waals surface area contributed by atoms with E-state index in [0.717, 1.165) is 5.56 Å². The van der Waals surface area contributed by atoms with Crippen LogP contribution < -0.4 is 0 Å². The van der Waals surface area contributed by atoms with Gasteiger partial charge in [-0.3, -0.25) is 0 Å². The van der Waals surface area contributed by atoms with Crippen LogP contribution in [0.15, 0.2) is 12.1 Å². The van der Waals surface area contributed by atoms with E-state index < -0.39 is 11.6 Å². The SMILES string of the molecule is CN(C)Cc1cc(F)c(O)c(CC#N)c1. The maximum Gasteiger partial charge on any atom is 0.165 e. The van der Waals surface area contributed by atoms with Gasteiger partial charge in [0.25, 0.3) is 0 Å². The van der Waals surface area contributed by atoms with Crippen LogP contribution in [0.2, 0.25) is 0 Å². The molecule has 0 spiro atoms. The largest absolute Gasteiger partial charge is 0.505 e. The van der Waals surface area contributed by atoms with Gasteiger partial charge in [-0.25, -0.2) is 4.39 Å². The Kier molecular flexibility index (Phi) is 3.64. The number of hydrogen-bond donors (Lipinski definition) is 1. The van der Waals surface area contributed by atoms with Crippen LogP contribution in [0.25, 0.3) is 0 Å². The van der Waals surface area contributed by atoms with Crippen LogP contribution in [-0.4, -0.2) is 24.1 Å². The molecule has 0 aromatic heterocycles. The number of benzene rings is 1. The molecule has 1 N–H and O–H groups in total. The fourth-order valence-corrected chi connectivity index (χ4v) is 1.39. The van der Waals surface area contributed by atoms with Gasteiger partial charge in [0, 0.05) is 12.1 Å². The third kappa shape index (κ3) is 2.93. The van der Waals surface area contributed by atoms with Gasteiger partial charge in [0.05, 0.1) is 12.5 Å². The molecule has 0 aliphatic rings. The molecule has 0 saturated carbocycles. The molecule has 0 aliphatic heterocycles. The highest BCUT2D eigenvalue weighted by Crippen LogP contribution is 2.23. The predicted molar refractivity (Wildman–Crippen MR) is 54.8 cm³/mol. The van der Waals surface area contributed by atoms with Gasteiger partial charge in [0.15, 0.2) is 11.6 Å². The van der Waals surface area contributed by atoms with Crippen LogP contribution in [0.5, 0.6) is 5.75 Å². The molecular formula is C11H13FN2O. The van der Waals surface area contributed by atoms with E-state index in [-0.39, 0.29) is 6.42 Å². The molecule has 3 nitrogen and oxygen atoms in total. The first-order valence-corrected chi connectivity index (χ1v) is 4.56. The normalized spacial score (nSPS) is 10.3. The van der Waals surface area contributed by atoms with Crippen molar-refractivity contribution in [2.24, 2.45) is 0 Å². The van der Waals surface area contributed by atoms with Crippen molar-refractivity contribution in [1.82, 2.24) is 4.90 Å². The van der Waals surface area contributed by atoms with Gasteiger partial charge in [-0.2, -0.15) is 5.26 Å². The summed E-state index contributed by atoms with van der Waals surface area (Å²) in [7, 11) is 3.74. The van der Waals surface area contributed by atoms with Crippen molar-refractivity contribution in [3.8, 4) is 11.8 Å². The standard InChI is InChI=1S/C11H13FN2O/c1-14(2)7-8-5-9(3-4-13)11(15)10(12)6-8/h5-6,15H,3,7H2,1-2H3. The lowest BCUT2D eigenvalue weighted by atomic mass is 10.1. The van der Waals surface area contributed by atoms with Crippen molar-refractivity contribution in [2.45, 2.75) is 13.0 Å². The number of nitriles is 1. The molecule has 0 fully saturated rings. The molecule has 0 bridgehead atoms. The van der Waals surface area contributed by atoms with E-state index in [4.69, 9.17) is 5.26 Å². The molecule has 1 aromatic rings. The Morgan fingerprint density at radius 2 is 2.13 bits per heavy atom. The number of hydrogen-bond acceptors (Lipinski definition) is 3. The molecule has 4 heteroatoms. The number of rotatable bonds is 3. The molecule has 0 radical (unpaired) electrons. The molecule has 0 aliphatic carbocycles. The van der Waals surface area contributed by atoms with Crippen molar-refractivity contribution >= 4 is 0 Å². The Labute approximate surface area is 88.4 Å². The second-order valence-corrected chi connectivity index (χ2v) is 3.66. The molecule has 0 unspecified atom stereocenters. The molecule has 0 heterocycles. The summed E-state index contributed by atoms with van der Waals surface area (Å²) >= 11 is 0. The lowest BCUT2D eigenvalue weighted by Crippen LogP contribution is -2.11. The lowest BCUT2D eigenvalue weighted by molar-refractivity contribution is 0.396. The van der Waals surface area contributed by atoms with Gasteiger partial charge < -0.3 is 10.0 Å². The van der Waals surface area contributed by atoms with Gasteiger partial charge >= 0.3 is 0 Å². The summed E-state index contributed by atoms with van der Waals surface area (Å²) in [6, 6.07) is 4.83. The van der Waals surface area contributed by atoms with Gasteiger partial charge in [-0.15, -0.1) is 0 Å². The third-order valence-corrected chi connectivity index (χ3v) is 1.97. The Morgan fingerprint density at radius 1 is 1.47 bits per heavy atom. The fourth-order valence-electron chi connectivity index (χ4n) is 1.39. The van der Waals surface area contributed by atoms with Crippen molar-refractivity contribution in [1.29, 1.82) is 5.26 Å². The Morgan fingerprint density at radius 3 is 2.67 bits per heavy atom. The smallest absolute Gasteiger partial charge is 0.165 e. The minimum atomic E-state index is -0.667. The molecule has 15 heavy (non-hydrogen) atoms. The molecule has 0 atom stereocenters. The van der Waals surface area contributed by atoms with Crippen molar-refractivity contribution < 1.29 is 9.50 Å². The molecular weight excluding hydrogens is 195 g/mol. The zero-order chi connectivity index (χ0) is 11.4. The molecule has 80 valence electrons. The van der Waals surface area contributed by atoms with E-state index >= 15 is 0 Å². The van der Waals surface area contributed by atoms with E-state index in [1.54, 1.807) is 6.07 Å². The second-order valence-electron chi connectivity index (χ2n) is 3.66. The average molecular weight is 208 g/mol. The highest BCUT2D eigenvalue weighted by molar-refractivity contribution is 5.39. The minimum Gasteiger partial charge on any atom is -0.505 e. The molecule has 0 saturated heterocycles. The van der Waals surface area contributed by atoms with Crippen LogP contribution >= 0.6 is 0 Å². The number of halogens is 1. The molecule has 1 rings (SSSR count). The van der Waals surface area contributed by atoms with E-state index in [9.17, 15) is 9.50 Å². The van der Waals surface area contributed by atoms with Crippen LogP contribution in [0.3, 0.4) is 0 Å². The Balaban J connectivity index is 3.06. The first-order chi connectivity index (χ1) is 7.04. The van der Waals surface area contributed by atoms with Crippen LogP contribution in [-0.2, 0) is 13.0 Å². The highest BCUT2D eigenvalue weighted by atomic mass is 19.1. The van der Waals surface area contributed by atoms with Crippen molar-refractivity contribution in [2.75, 3.05) is 14.1 Å². The van der Waals surface area contributed by atoms with Crippen LogP contribution in [0, 0.1) is 17.1 Å². The quantitative estimate of drug-likeness (QED) is 0.821. The zero-order valence-electron chi connectivity index (χ0n) is 8.79. The number of phenolic OH excluding ortho intramolecular Hbond substituents is 1. The topological polar surface area (TPSA) is 47.3 Å². The van der Waals surface area contributed by atoms with E-state index in [0.29, 0.717) is 12.1 Å². The summed E-state index contributed by atoms with van der Waals surface area (Å²) in [4.78, 5) is 1.89. The number of phenols is 1. The predicted octanol–water partition coefficient (Wildman–Crippen LogP) is 1.66. The van der Waals surface area contributed by atoms with E-state index in [1.165, 1.54) is 6.07 Å². The number of nitrogens with zero attached hydrogens (tertiary/aromatic N) is 2. The first-order valence-electron chi connectivity index (χ1n) is 4.56. The van der Waals surface area contributed by atoms with Crippen LogP contribution in [0.1, 0.15) is 11.1 Å². The Hall–Kier alpha value is -1.60. The van der Waals surface area contributed by atoms with E-state index in [1.807, 2.05) is 25.1 Å². The van der Waals surface area contributed by atoms with Gasteiger partial charge in [-0.05, 0) is 31.8 Å². The summed E-state index contributed by atoms with van der Waals surface area (Å²) in [6.45, 7) is 0.579. The second kappa shape index (κ2) is 4.76. The zero-order valence-corrected chi connectivity index (χ0v) is 8.79. The maximum atomic E-state index is 13.2. The minimum absolute atomic E-state index is 0.0179. The van der Waals surface area contributed by atoms with E-state index in [2.05, 4.69) is 0 Å². The summed E-state index contributed by atoms with van der Waals surface area (Å²) in [6.07, 6.45) is 0.0179. The van der Waals surface area contributed by atoms with Gasteiger partial charge in [0.1, 0.15) is 0 Å². The van der Waals surface area contributed by atoms with Gasteiger partial charge in [0.2, 0.25) is 0 Å². The average Bonchev–Trinajstić information content (AvgIpc) is 2.12. The maximum absolute atomic E-state index is 13.2. The molecule has 1 aromatic carbocycles. The molecule has 0 amide bonds. The van der Waals surface area contributed by atoms with Crippen LogP contribution in [0.4, 0.5) is 4.39 Å². The fraction of sp³-hybridized carbons (Fsp3) is 0.364. The Bertz CT molecular complexity index is 396. The summed E-state index contributed by atoms with van der Waals surface area (Å²) < 4.78 is 13.2. The monoisotopic (exact) mass is 208 g/mol. The highest BCUT2D eigenvalue weighted by Gasteiger charge is 2.09. The van der Waals surface area contributed by atoms with Crippen molar-refractivity contribution in [3.63, 3.8) is 0 Å². The third-order valence-electron chi connectivity index (χ3n) is 1.97.